The van der Waals surface area contributed by atoms with Crippen LogP contribution in [0.3, 0.4) is 0 Å². The van der Waals surface area contributed by atoms with Gasteiger partial charge in [0.15, 0.2) is 0 Å². The maximum atomic E-state index is 12.5. The molecule has 0 amide bonds. The van der Waals surface area contributed by atoms with Gasteiger partial charge in [0.1, 0.15) is 17.3 Å². The topological polar surface area (TPSA) is 76.7 Å². The molecular formula is C16H25ClN2O4S. The summed E-state index contributed by atoms with van der Waals surface area (Å²) in [5.41, 5.74) is 0. The summed E-state index contributed by atoms with van der Waals surface area (Å²) in [4.78, 5) is 0.0577. The van der Waals surface area contributed by atoms with Gasteiger partial charge in [-0.3, -0.25) is 0 Å². The Morgan fingerprint density at radius 1 is 1.33 bits per heavy atom. The van der Waals surface area contributed by atoms with E-state index in [9.17, 15) is 8.42 Å². The molecule has 1 aromatic rings. The molecule has 1 aliphatic heterocycles. The Bertz CT molecular complexity index is 619. The van der Waals surface area contributed by atoms with Crippen LogP contribution >= 0.6 is 11.6 Å². The van der Waals surface area contributed by atoms with Crippen molar-refractivity contribution in [3.05, 3.63) is 23.2 Å². The largest absolute Gasteiger partial charge is 0.489 e. The van der Waals surface area contributed by atoms with Crippen LogP contribution in [0.1, 0.15) is 26.2 Å². The molecule has 1 aromatic carbocycles. The fourth-order valence-corrected chi connectivity index (χ4v) is 3.90. The van der Waals surface area contributed by atoms with Crippen molar-refractivity contribution in [2.24, 2.45) is 0 Å². The Balaban J connectivity index is 2.05. The molecule has 136 valence electrons. The fourth-order valence-electron chi connectivity index (χ4n) is 2.46. The molecule has 0 spiro atoms. The van der Waals surface area contributed by atoms with Crippen molar-refractivity contribution in [3.8, 4) is 5.75 Å². The lowest BCUT2D eigenvalue weighted by atomic mass is 10.1. The minimum absolute atomic E-state index is 0.00620. The van der Waals surface area contributed by atoms with E-state index >= 15 is 0 Å². The van der Waals surface area contributed by atoms with Crippen molar-refractivity contribution >= 4 is 21.6 Å². The molecule has 2 rings (SSSR count). The summed E-state index contributed by atoms with van der Waals surface area (Å²) >= 11 is 5.97. The van der Waals surface area contributed by atoms with E-state index in [4.69, 9.17) is 21.1 Å². The average molecular weight is 377 g/mol. The number of sulfonamides is 1. The van der Waals surface area contributed by atoms with Crippen molar-refractivity contribution in [1.82, 2.24) is 10.0 Å². The molecule has 1 atom stereocenters. The Morgan fingerprint density at radius 2 is 2.17 bits per heavy atom. The van der Waals surface area contributed by atoms with Gasteiger partial charge >= 0.3 is 0 Å². The maximum Gasteiger partial charge on any atom is 0.244 e. The van der Waals surface area contributed by atoms with Crippen LogP contribution in [0.25, 0.3) is 0 Å². The predicted octanol–water partition coefficient (Wildman–Crippen LogP) is 2.18. The number of ether oxygens (including phenoxy) is 2. The molecule has 2 N–H and O–H groups in total. The fraction of sp³-hybridized carbons (Fsp3) is 0.625. The Kier molecular flexibility index (Phi) is 7.77. The number of rotatable bonds is 9. The molecule has 24 heavy (non-hydrogen) atoms. The molecule has 0 radical (unpaired) electrons. The first-order chi connectivity index (χ1) is 11.5. The summed E-state index contributed by atoms with van der Waals surface area (Å²) in [5, 5.41) is 3.42. The molecule has 1 heterocycles. The number of hydrogen-bond donors (Lipinski definition) is 2. The van der Waals surface area contributed by atoms with Gasteiger partial charge < -0.3 is 14.8 Å². The molecule has 6 nitrogen and oxygen atoms in total. The zero-order chi connectivity index (χ0) is 17.4. The summed E-state index contributed by atoms with van der Waals surface area (Å²) in [7, 11) is -3.69. The third-order valence-electron chi connectivity index (χ3n) is 3.74. The first-order valence-electron chi connectivity index (χ1n) is 8.27. The van der Waals surface area contributed by atoms with Gasteiger partial charge in [0.05, 0.1) is 6.10 Å². The van der Waals surface area contributed by atoms with Gasteiger partial charge in [0, 0.05) is 24.7 Å². The van der Waals surface area contributed by atoms with Gasteiger partial charge in [-0.2, -0.15) is 0 Å². The number of nitrogens with one attached hydrogen (secondary N) is 2. The van der Waals surface area contributed by atoms with Gasteiger partial charge in [0.25, 0.3) is 0 Å². The highest BCUT2D eigenvalue weighted by Crippen LogP contribution is 2.28. The monoisotopic (exact) mass is 376 g/mol. The highest BCUT2D eigenvalue weighted by Gasteiger charge is 2.21. The van der Waals surface area contributed by atoms with Gasteiger partial charge in [-0.05, 0) is 44.0 Å². The van der Waals surface area contributed by atoms with Crippen molar-refractivity contribution < 1.29 is 17.9 Å². The summed E-state index contributed by atoms with van der Waals surface area (Å²) in [6.45, 7) is 4.67. The summed E-state index contributed by atoms with van der Waals surface area (Å²) in [5.74, 6) is 0.296. The van der Waals surface area contributed by atoms with E-state index in [0.717, 1.165) is 32.4 Å². The number of likely N-dealkylation sites (N-methyl/N-ethyl adjacent to an activating group) is 1. The van der Waals surface area contributed by atoms with Crippen LogP contribution in [-0.4, -0.2) is 47.4 Å². The highest BCUT2D eigenvalue weighted by atomic mass is 35.5. The first-order valence-corrected chi connectivity index (χ1v) is 10.1. The Morgan fingerprint density at radius 3 is 2.88 bits per heavy atom. The van der Waals surface area contributed by atoms with Crippen LogP contribution in [-0.2, 0) is 14.8 Å². The van der Waals surface area contributed by atoms with Crippen LogP contribution in [0.5, 0.6) is 5.75 Å². The second-order valence-corrected chi connectivity index (χ2v) is 7.81. The van der Waals surface area contributed by atoms with Crippen LogP contribution in [0.15, 0.2) is 23.1 Å². The molecule has 1 unspecified atom stereocenters. The van der Waals surface area contributed by atoms with Crippen molar-refractivity contribution in [2.75, 3.05) is 32.8 Å². The minimum Gasteiger partial charge on any atom is -0.489 e. The second-order valence-electron chi connectivity index (χ2n) is 5.64. The molecule has 0 saturated carbocycles. The SMILES string of the molecule is CCNCCNS(=O)(=O)c1cc(Cl)ccc1OCC1CCCCO1. The van der Waals surface area contributed by atoms with E-state index in [1.165, 1.54) is 6.07 Å². The number of benzene rings is 1. The van der Waals surface area contributed by atoms with E-state index in [2.05, 4.69) is 10.0 Å². The lowest BCUT2D eigenvalue weighted by Gasteiger charge is -2.23. The second kappa shape index (κ2) is 9.58. The Labute approximate surface area is 148 Å². The molecule has 0 bridgehead atoms. The average Bonchev–Trinajstić information content (AvgIpc) is 2.58. The van der Waals surface area contributed by atoms with Gasteiger partial charge in [0.2, 0.25) is 10.0 Å². The summed E-state index contributed by atoms with van der Waals surface area (Å²) in [6.07, 6.45) is 3.10. The quantitative estimate of drug-likeness (QED) is 0.646. The van der Waals surface area contributed by atoms with E-state index in [1.807, 2.05) is 6.92 Å². The zero-order valence-corrected chi connectivity index (χ0v) is 15.5. The van der Waals surface area contributed by atoms with Crippen molar-refractivity contribution in [2.45, 2.75) is 37.2 Å². The highest BCUT2D eigenvalue weighted by molar-refractivity contribution is 7.89. The first kappa shape index (κ1) is 19.5. The molecule has 1 aliphatic rings. The lowest BCUT2D eigenvalue weighted by Crippen LogP contribution is -2.32. The lowest BCUT2D eigenvalue weighted by molar-refractivity contribution is -0.0116. The third kappa shape index (κ3) is 5.89. The van der Waals surface area contributed by atoms with Crippen molar-refractivity contribution in [1.29, 1.82) is 0 Å². The van der Waals surface area contributed by atoms with Crippen LogP contribution in [0, 0.1) is 0 Å². The zero-order valence-electron chi connectivity index (χ0n) is 13.9. The smallest absolute Gasteiger partial charge is 0.244 e. The molecule has 0 aromatic heterocycles. The summed E-state index contributed by atoms with van der Waals surface area (Å²) < 4.78 is 38.9. The predicted molar refractivity (Wildman–Crippen MR) is 94.3 cm³/mol. The Hall–Kier alpha value is -0.860. The van der Waals surface area contributed by atoms with Crippen LogP contribution < -0.4 is 14.8 Å². The molecule has 1 fully saturated rings. The van der Waals surface area contributed by atoms with E-state index in [0.29, 0.717) is 30.5 Å². The number of hydrogen-bond acceptors (Lipinski definition) is 5. The number of halogens is 1. The standard InChI is InChI=1S/C16H25ClN2O4S/c1-2-18-8-9-19-24(20,21)16-11-13(17)6-7-15(16)23-12-14-5-3-4-10-22-14/h6-7,11,14,18-19H,2-5,8-10,12H2,1H3. The van der Waals surface area contributed by atoms with Gasteiger partial charge in [-0.15, -0.1) is 0 Å². The van der Waals surface area contributed by atoms with E-state index in [-0.39, 0.29) is 11.0 Å². The normalized spacial score (nSPS) is 18.5. The van der Waals surface area contributed by atoms with Gasteiger partial charge in [-0.1, -0.05) is 18.5 Å². The molecular weight excluding hydrogens is 352 g/mol. The third-order valence-corrected chi connectivity index (χ3v) is 5.46. The molecule has 8 heteroatoms. The molecule has 1 saturated heterocycles. The summed E-state index contributed by atoms with van der Waals surface area (Å²) in [6, 6.07) is 4.62. The maximum absolute atomic E-state index is 12.5. The van der Waals surface area contributed by atoms with Crippen LogP contribution in [0.2, 0.25) is 5.02 Å². The van der Waals surface area contributed by atoms with Gasteiger partial charge in [-0.25, -0.2) is 13.1 Å². The van der Waals surface area contributed by atoms with E-state index in [1.54, 1.807) is 12.1 Å². The minimum atomic E-state index is -3.69. The van der Waals surface area contributed by atoms with Crippen LogP contribution in [0.4, 0.5) is 0 Å². The molecule has 0 aliphatic carbocycles. The van der Waals surface area contributed by atoms with Crippen molar-refractivity contribution in [3.63, 3.8) is 0 Å². The van der Waals surface area contributed by atoms with E-state index < -0.39 is 10.0 Å².